The third kappa shape index (κ3) is 4.06. The molecule has 1 heterocycles. The molecule has 0 N–H and O–H groups in total. The summed E-state index contributed by atoms with van der Waals surface area (Å²) in [6, 6.07) is 24.9. The number of carbonyl (C=O) groups is 1. The van der Waals surface area contributed by atoms with Crippen LogP contribution in [0, 0.1) is 6.92 Å². The van der Waals surface area contributed by atoms with Gasteiger partial charge in [0.15, 0.2) is 0 Å². The molecule has 1 aromatic heterocycles. The van der Waals surface area contributed by atoms with Gasteiger partial charge >= 0.3 is 5.97 Å². The lowest BCUT2D eigenvalue weighted by atomic mass is 9.99. The van der Waals surface area contributed by atoms with E-state index in [1.165, 1.54) is 16.7 Å². The first-order chi connectivity index (χ1) is 15.1. The van der Waals surface area contributed by atoms with Crippen LogP contribution < -0.4 is 4.74 Å². The Morgan fingerprint density at radius 2 is 1.68 bits per heavy atom. The van der Waals surface area contributed by atoms with Crippen LogP contribution in [0.15, 0.2) is 72.8 Å². The van der Waals surface area contributed by atoms with Crippen molar-refractivity contribution in [2.45, 2.75) is 26.8 Å². The highest BCUT2D eigenvalue weighted by molar-refractivity contribution is 5.94. The summed E-state index contributed by atoms with van der Waals surface area (Å²) in [5.41, 5.74) is 6.69. The zero-order valence-corrected chi connectivity index (χ0v) is 18.2. The smallest absolute Gasteiger partial charge is 0.310 e. The van der Waals surface area contributed by atoms with E-state index in [0.717, 1.165) is 27.9 Å². The normalized spacial score (nSPS) is 10.9. The van der Waals surface area contributed by atoms with E-state index < -0.39 is 0 Å². The fraction of sp³-hybridized carbons (Fsp3) is 0.222. The van der Waals surface area contributed by atoms with Crippen molar-refractivity contribution in [3.05, 3.63) is 89.6 Å². The number of fused-ring (bicyclic) bond motifs is 1. The number of hydrogen-bond acceptors (Lipinski definition) is 3. The van der Waals surface area contributed by atoms with Crippen molar-refractivity contribution in [3.8, 4) is 16.9 Å². The van der Waals surface area contributed by atoms with Crippen molar-refractivity contribution >= 4 is 16.9 Å². The van der Waals surface area contributed by atoms with Gasteiger partial charge in [0.25, 0.3) is 0 Å². The highest BCUT2D eigenvalue weighted by atomic mass is 16.5. The van der Waals surface area contributed by atoms with Gasteiger partial charge in [-0.25, -0.2) is 0 Å². The molecule has 0 saturated heterocycles. The number of rotatable bonds is 7. The van der Waals surface area contributed by atoms with Crippen molar-refractivity contribution in [3.63, 3.8) is 0 Å². The van der Waals surface area contributed by atoms with Gasteiger partial charge in [0.05, 0.1) is 25.7 Å². The van der Waals surface area contributed by atoms with Crippen LogP contribution in [0.2, 0.25) is 0 Å². The minimum Gasteiger partial charge on any atom is -0.496 e. The van der Waals surface area contributed by atoms with E-state index >= 15 is 0 Å². The molecule has 0 fully saturated rings. The zero-order valence-electron chi connectivity index (χ0n) is 18.2. The van der Waals surface area contributed by atoms with Crippen LogP contribution in [-0.2, 0) is 22.5 Å². The number of methoxy groups -OCH3 is 1. The summed E-state index contributed by atoms with van der Waals surface area (Å²) in [7, 11) is 1.67. The second-order valence-electron chi connectivity index (χ2n) is 7.51. The van der Waals surface area contributed by atoms with E-state index in [4.69, 9.17) is 9.47 Å². The van der Waals surface area contributed by atoms with E-state index in [1.54, 1.807) is 7.11 Å². The lowest BCUT2D eigenvalue weighted by Crippen LogP contribution is -2.09. The molecule has 0 aliphatic carbocycles. The van der Waals surface area contributed by atoms with Gasteiger partial charge in [-0.2, -0.15) is 0 Å². The van der Waals surface area contributed by atoms with Crippen LogP contribution in [0.5, 0.6) is 5.75 Å². The quantitative estimate of drug-likeness (QED) is 0.361. The van der Waals surface area contributed by atoms with Gasteiger partial charge in [0.2, 0.25) is 0 Å². The molecule has 0 spiro atoms. The molecule has 3 aromatic carbocycles. The van der Waals surface area contributed by atoms with Crippen LogP contribution in [-0.4, -0.2) is 24.3 Å². The average molecular weight is 414 g/mol. The molecular weight excluding hydrogens is 386 g/mol. The van der Waals surface area contributed by atoms with Gasteiger partial charge in [0, 0.05) is 17.6 Å². The van der Waals surface area contributed by atoms with E-state index in [0.29, 0.717) is 13.2 Å². The first-order valence-corrected chi connectivity index (χ1v) is 10.6. The van der Waals surface area contributed by atoms with Crippen LogP contribution in [0.1, 0.15) is 23.7 Å². The van der Waals surface area contributed by atoms with Gasteiger partial charge in [0.1, 0.15) is 5.75 Å². The molecule has 0 aliphatic heterocycles. The third-order valence-corrected chi connectivity index (χ3v) is 5.72. The molecular formula is C27H27NO3. The summed E-state index contributed by atoms with van der Waals surface area (Å²) in [5.74, 6) is 0.551. The lowest BCUT2D eigenvalue weighted by Gasteiger charge is -2.14. The van der Waals surface area contributed by atoms with E-state index in [1.807, 2.05) is 25.1 Å². The molecule has 0 saturated carbocycles. The fourth-order valence-electron chi connectivity index (χ4n) is 4.25. The molecule has 0 unspecified atom stereocenters. The summed E-state index contributed by atoms with van der Waals surface area (Å²) in [4.78, 5) is 12.3. The Morgan fingerprint density at radius 3 is 2.42 bits per heavy atom. The Labute approximate surface area is 183 Å². The first kappa shape index (κ1) is 20.7. The van der Waals surface area contributed by atoms with E-state index in [9.17, 15) is 4.79 Å². The molecule has 0 aliphatic rings. The third-order valence-electron chi connectivity index (χ3n) is 5.72. The minimum absolute atomic E-state index is 0.222. The van der Waals surface area contributed by atoms with Crippen molar-refractivity contribution in [1.29, 1.82) is 0 Å². The number of esters is 1. The number of hydrogen-bond donors (Lipinski definition) is 0. The fourth-order valence-corrected chi connectivity index (χ4v) is 4.25. The topological polar surface area (TPSA) is 40.5 Å². The lowest BCUT2D eigenvalue weighted by molar-refractivity contribution is -0.142. The summed E-state index contributed by atoms with van der Waals surface area (Å²) < 4.78 is 13.2. The summed E-state index contributed by atoms with van der Waals surface area (Å²) in [6.07, 6.45) is 0.226. The Kier molecular flexibility index (Phi) is 6.08. The molecule has 4 aromatic rings. The highest BCUT2D eigenvalue weighted by Crippen LogP contribution is 2.35. The molecule has 4 rings (SSSR count). The number of nitrogens with zero attached hydrogens (tertiary/aromatic N) is 1. The second-order valence-corrected chi connectivity index (χ2v) is 7.51. The number of benzene rings is 3. The standard InChI is InChI=1S/C27H27NO3/c1-4-31-26(29)17-23-19(2)28(24-15-10-16-25(30-3)27(23)24)18-21-13-8-9-14-22(21)20-11-6-5-7-12-20/h5-16H,4,17-18H2,1-3H3. The first-order valence-electron chi connectivity index (χ1n) is 10.6. The molecule has 0 atom stereocenters. The number of ether oxygens (including phenoxy) is 2. The summed E-state index contributed by atoms with van der Waals surface area (Å²) in [5, 5.41) is 0.979. The van der Waals surface area contributed by atoms with E-state index in [2.05, 4.69) is 66.1 Å². The van der Waals surface area contributed by atoms with Gasteiger partial charge in [-0.1, -0.05) is 60.7 Å². The molecule has 0 bridgehead atoms. The SMILES string of the molecule is CCOC(=O)Cc1c(C)n(Cc2ccccc2-c2ccccc2)c2cccc(OC)c12. The maximum absolute atomic E-state index is 12.3. The maximum atomic E-state index is 12.3. The van der Waals surface area contributed by atoms with E-state index in [-0.39, 0.29) is 12.4 Å². The minimum atomic E-state index is -0.222. The molecule has 0 radical (unpaired) electrons. The van der Waals surface area contributed by atoms with Crippen molar-refractivity contribution in [1.82, 2.24) is 4.57 Å². The summed E-state index contributed by atoms with van der Waals surface area (Å²) in [6.45, 7) is 4.97. The number of aromatic nitrogens is 1. The Bertz CT molecular complexity index is 1210. The van der Waals surface area contributed by atoms with Crippen LogP contribution in [0.3, 0.4) is 0 Å². The molecule has 4 heteroatoms. The van der Waals surface area contributed by atoms with Gasteiger partial charge in [-0.3, -0.25) is 4.79 Å². The number of carbonyl (C=O) groups excluding carboxylic acids is 1. The van der Waals surface area contributed by atoms with Gasteiger partial charge in [-0.15, -0.1) is 0 Å². The molecule has 31 heavy (non-hydrogen) atoms. The highest BCUT2D eigenvalue weighted by Gasteiger charge is 2.21. The average Bonchev–Trinajstić information content (AvgIpc) is 3.06. The Balaban J connectivity index is 1.85. The Morgan fingerprint density at radius 1 is 0.935 bits per heavy atom. The zero-order chi connectivity index (χ0) is 21.8. The van der Waals surface area contributed by atoms with Crippen molar-refractivity contribution in [2.75, 3.05) is 13.7 Å². The molecule has 0 amide bonds. The predicted octanol–water partition coefficient (Wildman–Crippen LogP) is 5.78. The monoisotopic (exact) mass is 413 g/mol. The second kappa shape index (κ2) is 9.09. The van der Waals surface area contributed by atoms with Crippen LogP contribution >= 0.6 is 0 Å². The van der Waals surface area contributed by atoms with Crippen molar-refractivity contribution in [2.24, 2.45) is 0 Å². The predicted molar refractivity (Wildman–Crippen MR) is 125 cm³/mol. The molecule has 158 valence electrons. The van der Waals surface area contributed by atoms with Gasteiger partial charge < -0.3 is 14.0 Å². The largest absolute Gasteiger partial charge is 0.496 e. The molecule has 4 nitrogen and oxygen atoms in total. The maximum Gasteiger partial charge on any atom is 0.310 e. The van der Waals surface area contributed by atoms with Crippen LogP contribution in [0.4, 0.5) is 0 Å². The summed E-state index contributed by atoms with van der Waals surface area (Å²) >= 11 is 0. The Hall–Kier alpha value is -3.53. The van der Waals surface area contributed by atoms with Crippen molar-refractivity contribution < 1.29 is 14.3 Å². The van der Waals surface area contributed by atoms with Crippen LogP contribution in [0.25, 0.3) is 22.0 Å². The van der Waals surface area contributed by atoms with Gasteiger partial charge in [-0.05, 0) is 48.2 Å².